The zero-order valence-corrected chi connectivity index (χ0v) is 21.1. The van der Waals surface area contributed by atoms with Crippen LogP contribution in [0.4, 0.5) is 10.5 Å². The lowest BCUT2D eigenvalue weighted by Gasteiger charge is -2.27. The first-order valence-electron chi connectivity index (χ1n) is 12.4. The van der Waals surface area contributed by atoms with Crippen LogP contribution in [0.25, 0.3) is 0 Å². The molecule has 1 fully saturated rings. The SMILES string of the molecule is COC(=O)c1ccccc1NC(=O)N1CCCC(O)C(NC(=O)c2ccc(OCc3ccccc3)cc2)C1. The number of ether oxygens (including phenoxy) is 2. The number of aliphatic hydroxyl groups is 1. The highest BCUT2D eigenvalue weighted by molar-refractivity contribution is 6.00. The predicted molar refractivity (Wildman–Crippen MR) is 142 cm³/mol. The summed E-state index contributed by atoms with van der Waals surface area (Å²) in [7, 11) is 1.27. The second-order valence-electron chi connectivity index (χ2n) is 9.00. The van der Waals surface area contributed by atoms with Gasteiger partial charge in [-0.25, -0.2) is 9.59 Å². The van der Waals surface area contributed by atoms with Crippen LogP contribution in [0.2, 0.25) is 0 Å². The highest BCUT2D eigenvalue weighted by Gasteiger charge is 2.30. The maximum Gasteiger partial charge on any atom is 0.339 e. The molecule has 3 aromatic carbocycles. The molecule has 1 saturated heterocycles. The quantitative estimate of drug-likeness (QED) is 0.410. The van der Waals surface area contributed by atoms with Crippen molar-refractivity contribution in [1.82, 2.24) is 10.2 Å². The molecule has 0 aliphatic carbocycles. The zero-order chi connectivity index (χ0) is 26.9. The van der Waals surface area contributed by atoms with Crippen LogP contribution >= 0.6 is 0 Å². The van der Waals surface area contributed by atoms with Gasteiger partial charge in [-0.2, -0.15) is 0 Å². The first-order chi connectivity index (χ1) is 18.4. The first kappa shape index (κ1) is 26.7. The van der Waals surface area contributed by atoms with Crippen molar-refractivity contribution < 1.29 is 29.0 Å². The Kier molecular flexibility index (Phi) is 8.94. The van der Waals surface area contributed by atoms with Gasteiger partial charge in [0, 0.05) is 18.7 Å². The molecule has 1 aliphatic heterocycles. The van der Waals surface area contributed by atoms with E-state index in [0.717, 1.165) is 5.56 Å². The van der Waals surface area contributed by atoms with Gasteiger partial charge in [0.15, 0.2) is 0 Å². The van der Waals surface area contributed by atoms with Crippen LogP contribution < -0.4 is 15.4 Å². The van der Waals surface area contributed by atoms with E-state index in [1.807, 2.05) is 30.3 Å². The number of benzene rings is 3. The number of para-hydroxylation sites is 1. The number of carbonyl (C=O) groups is 3. The van der Waals surface area contributed by atoms with Gasteiger partial charge in [0.05, 0.1) is 30.5 Å². The van der Waals surface area contributed by atoms with E-state index in [4.69, 9.17) is 9.47 Å². The van der Waals surface area contributed by atoms with Crippen molar-refractivity contribution in [3.63, 3.8) is 0 Å². The molecule has 4 rings (SSSR count). The van der Waals surface area contributed by atoms with Gasteiger partial charge >= 0.3 is 12.0 Å². The maximum atomic E-state index is 13.0. The summed E-state index contributed by atoms with van der Waals surface area (Å²) in [5.74, 6) is -0.286. The van der Waals surface area contributed by atoms with Gasteiger partial charge < -0.3 is 30.1 Å². The van der Waals surface area contributed by atoms with E-state index in [9.17, 15) is 19.5 Å². The van der Waals surface area contributed by atoms with Crippen LogP contribution in [-0.4, -0.2) is 60.3 Å². The second-order valence-corrected chi connectivity index (χ2v) is 9.00. The van der Waals surface area contributed by atoms with Crippen molar-refractivity contribution in [1.29, 1.82) is 0 Å². The summed E-state index contributed by atoms with van der Waals surface area (Å²) in [4.78, 5) is 39.6. The molecule has 1 aliphatic rings. The summed E-state index contributed by atoms with van der Waals surface area (Å²) < 4.78 is 10.6. The van der Waals surface area contributed by atoms with Gasteiger partial charge in [-0.05, 0) is 54.8 Å². The van der Waals surface area contributed by atoms with Crippen LogP contribution in [-0.2, 0) is 11.3 Å². The van der Waals surface area contributed by atoms with Gasteiger partial charge in [0.1, 0.15) is 12.4 Å². The molecule has 3 aromatic rings. The lowest BCUT2D eigenvalue weighted by Crippen LogP contribution is -2.50. The van der Waals surface area contributed by atoms with E-state index in [1.165, 1.54) is 12.0 Å². The average Bonchev–Trinajstić information content (AvgIpc) is 3.13. The van der Waals surface area contributed by atoms with Crippen molar-refractivity contribution in [2.75, 3.05) is 25.5 Å². The Morgan fingerprint density at radius 3 is 2.42 bits per heavy atom. The largest absolute Gasteiger partial charge is 0.489 e. The monoisotopic (exact) mass is 517 g/mol. The summed E-state index contributed by atoms with van der Waals surface area (Å²) in [6.45, 7) is 0.920. The van der Waals surface area contributed by atoms with Crippen LogP contribution in [0.3, 0.4) is 0 Å². The fourth-order valence-corrected chi connectivity index (χ4v) is 4.24. The van der Waals surface area contributed by atoms with Gasteiger partial charge in [0.25, 0.3) is 5.91 Å². The van der Waals surface area contributed by atoms with Gasteiger partial charge in [-0.15, -0.1) is 0 Å². The van der Waals surface area contributed by atoms with Crippen molar-refractivity contribution in [2.45, 2.75) is 31.6 Å². The molecule has 1 heterocycles. The van der Waals surface area contributed by atoms with Crippen LogP contribution in [0.1, 0.15) is 39.1 Å². The molecule has 0 saturated carbocycles. The molecule has 0 bridgehead atoms. The molecule has 0 aromatic heterocycles. The summed E-state index contributed by atoms with van der Waals surface area (Å²) in [6, 6.07) is 22.0. The lowest BCUT2D eigenvalue weighted by atomic mass is 10.1. The molecule has 38 heavy (non-hydrogen) atoms. The Labute approximate surface area is 221 Å². The number of likely N-dealkylation sites (tertiary alicyclic amines) is 1. The number of urea groups is 1. The number of methoxy groups -OCH3 is 1. The number of hydrogen-bond donors (Lipinski definition) is 3. The molecule has 3 N–H and O–H groups in total. The molecule has 2 unspecified atom stereocenters. The molecular weight excluding hydrogens is 486 g/mol. The Bertz CT molecular complexity index is 1250. The molecule has 2 atom stereocenters. The number of aliphatic hydroxyl groups excluding tert-OH is 1. The third kappa shape index (κ3) is 6.89. The average molecular weight is 518 g/mol. The smallest absolute Gasteiger partial charge is 0.339 e. The fraction of sp³-hybridized carbons (Fsp3) is 0.276. The second kappa shape index (κ2) is 12.7. The molecule has 9 nitrogen and oxygen atoms in total. The minimum absolute atomic E-state index is 0.109. The predicted octanol–water partition coefficient (Wildman–Crippen LogP) is 3.84. The molecule has 0 spiro atoms. The Hall–Kier alpha value is -4.37. The van der Waals surface area contributed by atoms with Gasteiger partial charge in [-0.3, -0.25) is 4.79 Å². The number of amides is 3. The standard InChI is InChI=1S/C29H31N3O6/c1-37-28(35)23-10-5-6-11-24(23)31-29(36)32-17-7-12-26(33)25(18-32)30-27(34)21-13-15-22(16-14-21)38-19-20-8-3-2-4-9-20/h2-6,8-11,13-16,25-26,33H,7,12,17-19H2,1H3,(H,30,34)(H,31,36). The first-order valence-corrected chi connectivity index (χ1v) is 12.4. The fourth-order valence-electron chi connectivity index (χ4n) is 4.24. The number of anilines is 1. The molecule has 3 amide bonds. The molecule has 0 radical (unpaired) electrons. The number of nitrogens with zero attached hydrogens (tertiary/aromatic N) is 1. The van der Waals surface area contributed by atoms with Crippen LogP contribution in [0, 0.1) is 0 Å². The number of esters is 1. The molecular formula is C29H31N3O6. The lowest BCUT2D eigenvalue weighted by molar-refractivity contribution is 0.0601. The topological polar surface area (TPSA) is 117 Å². The Morgan fingerprint density at radius 1 is 0.974 bits per heavy atom. The highest BCUT2D eigenvalue weighted by Crippen LogP contribution is 2.19. The normalized spacial score (nSPS) is 17.2. The van der Waals surface area contributed by atoms with E-state index in [1.54, 1.807) is 48.5 Å². The van der Waals surface area contributed by atoms with Gasteiger partial charge in [-0.1, -0.05) is 42.5 Å². The maximum absolute atomic E-state index is 13.0. The van der Waals surface area contributed by atoms with E-state index < -0.39 is 24.1 Å². The number of carbonyl (C=O) groups excluding carboxylic acids is 3. The number of nitrogens with one attached hydrogen (secondary N) is 2. The summed E-state index contributed by atoms with van der Waals surface area (Å²) in [5, 5.41) is 16.3. The Morgan fingerprint density at radius 2 is 1.68 bits per heavy atom. The zero-order valence-electron chi connectivity index (χ0n) is 21.1. The van der Waals surface area contributed by atoms with Crippen molar-refractivity contribution in [2.24, 2.45) is 0 Å². The molecule has 198 valence electrons. The van der Waals surface area contributed by atoms with Crippen molar-refractivity contribution in [3.8, 4) is 5.75 Å². The summed E-state index contributed by atoms with van der Waals surface area (Å²) >= 11 is 0. The minimum Gasteiger partial charge on any atom is -0.489 e. The summed E-state index contributed by atoms with van der Waals surface area (Å²) in [6.07, 6.45) is 0.180. The van der Waals surface area contributed by atoms with Crippen LogP contribution in [0.15, 0.2) is 78.9 Å². The molecule has 9 heteroatoms. The summed E-state index contributed by atoms with van der Waals surface area (Å²) in [5.41, 5.74) is 2.01. The van der Waals surface area contributed by atoms with Crippen molar-refractivity contribution >= 4 is 23.6 Å². The third-order valence-corrected chi connectivity index (χ3v) is 6.35. The highest BCUT2D eigenvalue weighted by atomic mass is 16.5. The number of hydrogen-bond acceptors (Lipinski definition) is 6. The van der Waals surface area contributed by atoms with E-state index in [2.05, 4.69) is 10.6 Å². The third-order valence-electron chi connectivity index (χ3n) is 6.35. The van der Waals surface area contributed by atoms with E-state index >= 15 is 0 Å². The van der Waals surface area contributed by atoms with Crippen LogP contribution in [0.5, 0.6) is 5.75 Å². The van der Waals surface area contributed by atoms with E-state index in [-0.39, 0.29) is 18.0 Å². The van der Waals surface area contributed by atoms with Gasteiger partial charge in [0.2, 0.25) is 0 Å². The Balaban J connectivity index is 1.37. The van der Waals surface area contributed by atoms with E-state index in [0.29, 0.717) is 43.0 Å². The van der Waals surface area contributed by atoms with Crippen molar-refractivity contribution in [3.05, 3.63) is 95.6 Å². The number of rotatable bonds is 7. The minimum atomic E-state index is -0.812.